The quantitative estimate of drug-likeness (QED) is 0.134. The highest BCUT2D eigenvalue weighted by molar-refractivity contribution is 6.51. The average molecular weight is 532 g/mol. The van der Waals surface area contributed by atoms with Crippen LogP contribution in [0.1, 0.15) is 37.9 Å². The maximum atomic E-state index is 13.5. The standard InChI is InChI=1S/C30H29NO8/c1-5-37-23-14-15-24(25(17-23)38-6-2)28(33)26-27(19-10-12-21(13-11-19)39-18(3)32)31(30(35)29(26)34)20-8-7-9-22(16-20)36-4/h7-17,27,33H,5-6H2,1-4H3/b28-26-. The number of ketones is 1. The Kier molecular flexibility index (Phi) is 8.19. The number of hydrogen-bond acceptors (Lipinski definition) is 8. The lowest BCUT2D eigenvalue weighted by Crippen LogP contribution is -2.29. The van der Waals surface area contributed by atoms with Gasteiger partial charge < -0.3 is 24.1 Å². The summed E-state index contributed by atoms with van der Waals surface area (Å²) in [6, 6.07) is 17.0. The molecule has 1 fully saturated rings. The fraction of sp³-hybridized carbons (Fsp3) is 0.233. The van der Waals surface area contributed by atoms with Crippen LogP contribution in [-0.2, 0) is 14.4 Å². The van der Waals surface area contributed by atoms with Gasteiger partial charge in [-0.25, -0.2) is 0 Å². The summed E-state index contributed by atoms with van der Waals surface area (Å²) in [6.07, 6.45) is 0. The van der Waals surface area contributed by atoms with Crippen LogP contribution in [-0.4, -0.2) is 43.1 Å². The van der Waals surface area contributed by atoms with Crippen molar-refractivity contribution in [1.82, 2.24) is 0 Å². The fourth-order valence-electron chi connectivity index (χ4n) is 4.43. The van der Waals surface area contributed by atoms with E-state index >= 15 is 0 Å². The molecule has 9 heteroatoms. The molecule has 0 spiro atoms. The van der Waals surface area contributed by atoms with Crippen molar-refractivity contribution in [2.24, 2.45) is 0 Å². The second-order valence-corrected chi connectivity index (χ2v) is 8.56. The molecule has 1 atom stereocenters. The van der Waals surface area contributed by atoms with Crippen molar-refractivity contribution in [3.63, 3.8) is 0 Å². The Morgan fingerprint density at radius 3 is 2.23 bits per heavy atom. The van der Waals surface area contributed by atoms with Crippen LogP contribution in [0, 0.1) is 0 Å². The molecule has 39 heavy (non-hydrogen) atoms. The van der Waals surface area contributed by atoms with Crippen molar-refractivity contribution < 1.29 is 38.4 Å². The van der Waals surface area contributed by atoms with Crippen LogP contribution in [0.25, 0.3) is 5.76 Å². The Balaban J connectivity index is 1.92. The van der Waals surface area contributed by atoms with Gasteiger partial charge in [0.1, 0.15) is 28.8 Å². The van der Waals surface area contributed by atoms with Crippen LogP contribution in [0.3, 0.4) is 0 Å². The van der Waals surface area contributed by atoms with Gasteiger partial charge >= 0.3 is 5.97 Å². The molecule has 1 unspecified atom stereocenters. The summed E-state index contributed by atoms with van der Waals surface area (Å²) in [6.45, 7) is 5.67. The van der Waals surface area contributed by atoms with Crippen LogP contribution >= 0.6 is 0 Å². The van der Waals surface area contributed by atoms with Gasteiger partial charge in [-0.2, -0.15) is 0 Å². The van der Waals surface area contributed by atoms with E-state index in [1.165, 1.54) is 18.9 Å². The first-order valence-corrected chi connectivity index (χ1v) is 12.4. The van der Waals surface area contributed by atoms with Gasteiger partial charge in [0.2, 0.25) is 0 Å². The third-order valence-corrected chi connectivity index (χ3v) is 6.05. The number of amides is 1. The predicted molar refractivity (Wildman–Crippen MR) is 144 cm³/mol. The third-order valence-electron chi connectivity index (χ3n) is 6.05. The smallest absolute Gasteiger partial charge is 0.308 e. The fourth-order valence-corrected chi connectivity index (χ4v) is 4.43. The zero-order chi connectivity index (χ0) is 28.1. The van der Waals surface area contributed by atoms with Crippen LogP contribution in [0.2, 0.25) is 0 Å². The first kappa shape index (κ1) is 27.3. The van der Waals surface area contributed by atoms with E-state index in [9.17, 15) is 19.5 Å². The van der Waals surface area contributed by atoms with E-state index in [0.717, 1.165) is 0 Å². The first-order valence-electron chi connectivity index (χ1n) is 12.4. The summed E-state index contributed by atoms with van der Waals surface area (Å²) in [5.41, 5.74) is 1.04. The van der Waals surface area contributed by atoms with E-state index in [1.807, 2.05) is 6.92 Å². The van der Waals surface area contributed by atoms with Gasteiger partial charge in [0.05, 0.1) is 37.5 Å². The summed E-state index contributed by atoms with van der Waals surface area (Å²) in [5, 5.41) is 11.6. The summed E-state index contributed by atoms with van der Waals surface area (Å²) < 4.78 is 21.8. The molecular formula is C30H29NO8. The number of methoxy groups -OCH3 is 1. The van der Waals surface area contributed by atoms with Gasteiger partial charge in [0.15, 0.2) is 0 Å². The molecule has 1 aliphatic heterocycles. The second kappa shape index (κ2) is 11.7. The molecular weight excluding hydrogens is 502 g/mol. The number of aliphatic hydroxyl groups excluding tert-OH is 1. The monoisotopic (exact) mass is 531 g/mol. The lowest BCUT2D eigenvalue weighted by molar-refractivity contribution is -0.132. The highest BCUT2D eigenvalue weighted by Gasteiger charge is 2.47. The number of carbonyl (C=O) groups excluding carboxylic acids is 3. The summed E-state index contributed by atoms with van der Waals surface area (Å²) in [4.78, 5) is 39.7. The molecule has 0 aliphatic carbocycles. The number of carbonyl (C=O) groups is 3. The number of aliphatic hydroxyl groups is 1. The Morgan fingerprint density at radius 2 is 1.59 bits per heavy atom. The molecule has 1 aliphatic rings. The number of benzene rings is 3. The Hall–Kier alpha value is -4.79. The van der Waals surface area contributed by atoms with Crippen molar-refractivity contribution in [2.45, 2.75) is 26.8 Å². The molecule has 4 rings (SSSR count). The van der Waals surface area contributed by atoms with Crippen LogP contribution in [0.5, 0.6) is 23.0 Å². The van der Waals surface area contributed by atoms with Crippen molar-refractivity contribution in [1.29, 1.82) is 0 Å². The van der Waals surface area contributed by atoms with Crippen molar-refractivity contribution in [3.05, 3.63) is 83.4 Å². The van der Waals surface area contributed by atoms with E-state index in [2.05, 4.69) is 0 Å². The molecule has 1 N–H and O–H groups in total. The van der Waals surface area contributed by atoms with E-state index in [1.54, 1.807) is 73.7 Å². The lowest BCUT2D eigenvalue weighted by atomic mass is 9.94. The maximum absolute atomic E-state index is 13.5. The average Bonchev–Trinajstić information content (AvgIpc) is 3.19. The SMILES string of the molecule is CCOc1ccc(/C(O)=C2/C(=O)C(=O)N(c3cccc(OC)c3)C2c2ccc(OC(C)=O)cc2)c(OCC)c1. The molecule has 0 bridgehead atoms. The van der Waals surface area contributed by atoms with Crippen molar-refractivity contribution >= 4 is 29.1 Å². The number of rotatable bonds is 9. The van der Waals surface area contributed by atoms with Crippen LogP contribution in [0.4, 0.5) is 5.69 Å². The van der Waals surface area contributed by atoms with Crippen molar-refractivity contribution in [2.75, 3.05) is 25.2 Å². The van der Waals surface area contributed by atoms with Crippen LogP contribution < -0.4 is 23.8 Å². The Morgan fingerprint density at radius 1 is 0.897 bits per heavy atom. The third kappa shape index (κ3) is 5.57. The van der Waals surface area contributed by atoms with E-state index in [0.29, 0.717) is 47.5 Å². The number of nitrogens with zero attached hydrogens (tertiary/aromatic N) is 1. The molecule has 1 saturated heterocycles. The zero-order valence-corrected chi connectivity index (χ0v) is 22.1. The number of ether oxygens (including phenoxy) is 4. The minimum Gasteiger partial charge on any atom is -0.507 e. The van der Waals surface area contributed by atoms with Gasteiger partial charge in [0, 0.05) is 24.7 Å². The number of anilines is 1. The molecule has 0 saturated carbocycles. The highest BCUT2D eigenvalue weighted by Crippen LogP contribution is 2.44. The molecule has 3 aromatic rings. The van der Waals surface area contributed by atoms with E-state index in [-0.39, 0.29) is 16.9 Å². The Labute approximate surface area is 226 Å². The Bertz CT molecular complexity index is 1430. The van der Waals surface area contributed by atoms with Gasteiger partial charge in [-0.1, -0.05) is 18.2 Å². The summed E-state index contributed by atoms with van der Waals surface area (Å²) in [5.74, 6) is -0.922. The second-order valence-electron chi connectivity index (χ2n) is 8.56. The molecule has 9 nitrogen and oxygen atoms in total. The first-order chi connectivity index (χ1) is 18.8. The summed E-state index contributed by atoms with van der Waals surface area (Å²) >= 11 is 0. The predicted octanol–water partition coefficient (Wildman–Crippen LogP) is 5.04. The number of esters is 1. The number of Topliss-reactive ketones (excluding diaryl/α,β-unsaturated/α-hetero) is 1. The maximum Gasteiger partial charge on any atom is 0.308 e. The zero-order valence-electron chi connectivity index (χ0n) is 22.1. The topological polar surface area (TPSA) is 112 Å². The van der Waals surface area contributed by atoms with Gasteiger partial charge in [-0.3, -0.25) is 19.3 Å². The minimum atomic E-state index is -0.996. The summed E-state index contributed by atoms with van der Waals surface area (Å²) in [7, 11) is 1.50. The molecule has 3 aromatic carbocycles. The van der Waals surface area contributed by atoms with E-state index in [4.69, 9.17) is 18.9 Å². The molecule has 202 valence electrons. The van der Waals surface area contributed by atoms with Gasteiger partial charge in [0.25, 0.3) is 11.7 Å². The normalized spacial score (nSPS) is 16.2. The molecule has 0 radical (unpaired) electrons. The number of hydrogen-bond donors (Lipinski definition) is 1. The molecule has 1 amide bonds. The van der Waals surface area contributed by atoms with Crippen LogP contribution in [0.15, 0.2) is 72.3 Å². The molecule has 1 heterocycles. The van der Waals surface area contributed by atoms with E-state index < -0.39 is 23.7 Å². The van der Waals surface area contributed by atoms with Crippen molar-refractivity contribution in [3.8, 4) is 23.0 Å². The van der Waals surface area contributed by atoms with Gasteiger partial charge in [-0.15, -0.1) is 0 Å². The largest absolute Gasteiger partial charge is 0.507 e. The minimum absolute atomic E-state index is 0.117. The molecule has 0 aromatic heterocycles. The highest BCUT2D eigenvalue weighted by atomic mass is 16.5. The lowest BCUT2D eigenvalue weighted by Gasteiger charge is -2.26. The van der Waals surface area contributed by atoms with Gasteiger partial charge in [-0.05, 0) is 55.8 Å².